The molecule has 1 N–H and O–H groups in total. The lowest BCUT2D eigenvalue weighted by Crippen LogP contribution is -2.33. The smallest absolute Gasteiger partial charge is 0.129 e. The van der Waals surface area contributed by atoms with Crippen LogP contribution in [0.25, 0.3) is 0 Å². The second-order valence-corrected chi connectivity index (χ2v) is 5.07. The van der Waals surface area contributed by atoms with Crippen LogP contribution in [0, 0.1) is 0 Å². The van der Waals surface area contributed by atoms with Gasteiger partial charge in [-0.15, -0.1) is 0 Å². The van der Waals surface area contributed by atoms with Gasteiger partial charge >= 0.3 is 0 Å². The van der Waals surface area contributed by atoms with E-state index in [-0.39, 0.29) is 0 Å². The Morgan fingerprint density at radius 2 is 2.15 bits per heavy atom. The highest BCUT2D eigenvalue weighted by Crippen LogP contribution is 2.27. The summed E-state index contributed by atoms with van der Waals surface area (Å²) < 4.78 is 10.6. The van der Waals surface area contributed by atoms with Crippen molar-refractivity contribution in [3.63, 3.8) is 0 Å². The van der Waals surface area contributed by atoms with Crippen molar-refractivity contribution in [2.75, 3.05) is 24.6 Å². The summed E-state index contributed by atoms with van der Waals surface area (Å²) in [6, 6.07) is 12.1. The van der Waals surface area contributed by atoms with E-state index in [0.717, 1.165) is 18.7 Å². The molecule has 0 aliphatic carbocycles. The number of furan rings is 1. The van der Waals surface area contributed by atoms with E-state index in [1.165, 1.54) is 11.3 Å². The molecular weight excluding hydrogens is 254 g/mol. The Bertz CT molecular complexity index is 538. The van der Waals surface area contributed by atoms with Gasteiger partial charge in [0.25, 0.3) is 0 Å². The number of hydrogen-bond donors (Lipinski definition) is 1. The quantitative estimate of drug-likeness (QED) is 0.876. The van der Waals surface area contributed by atoms with Crippen molar-refractivity contribution in [1.82, 2.24) is 0 Å². The molecule has 1 aromatic heterocycles. The number of rotatable bonds is 6. The third-order valence-electron chi connectivity index (χ3n) is 3.55. The van der Waals surface area contributed by atoms with Crippen LogP contribution in [0.5, 0.6) is 0 Å². The highest BCUT2D eigenvalue weighted by atomic mass is 16.5. The zero-order valence-electron chi connectivity index (χ0n) is 11.4. The van der Waals surface area contributed by atoms with E-state index in [4.69, 9.17) is 9.15 Å². The first kappa shape index (κ1) is 13.2. The molecular formula is C16H19NO3. The van der Waals surface area contributed by atoms with Crippen LogP contribution in [-0.4, -0.2) is 30.9 Å². The van der Waals surface area contributed by atoms with Gasteiger partial charge < -0.3 is 19.2 Å². The number of anilines is 1. The summed E-state index contributed by atoms with van der Waals surface area (Å²) in [5.74, 6) is 0.781. The van der Waals surface area contributed by atoms with Crippen molar-refractivity contribution in [2.45, 2.75) is 19.1 Å². The van der Waals surface area contributed by atoms with Gasteiger partial charge in [-0.2, -0.15) is 0 Å². The molecule has 0 saturated heterocycles. The van der Waals surface area contributed by atoms with E-state index in [1.807, 2.05) is 18.2 Å². The maximum Gasteiger partial charge on any atom is 0.129 e. The molecule has 2 heterocycles. The molecule has 4 nitrogen and oxygen atoms in total. The molecule has 1 aliphatic rings. The molecule has 2 aromatic rings. The van der Waals surface area contributed by atoms with E-state index >= 15 is 0 Å². The number of benzene rings is 1. The van der Waals surface area contributed by atoms with Gasteiger partial charge in [-0.05, 0) is 30.2 Å². The highest BCUT2D eigenvalue weighted by molar-refractivity contribution is 5.57. The Balaban J connectivity index is 1.46. The molecule has 0 bridgehead atoms. The zero-order valence-corrected chi connectivity index (χ0v) is 11.4. The van der Waals surface area contributed by atoms with Gasteiger partial charge in [-0.25, -0.2) is 0 Å². The highest BCUT2D eigenvalue weighted by Gasteiger charge is 2.20. The number of nitrogens with zero attached hydrogens (tertiary/aromatic N) is 1. The number of aliphatic hydroxyl groups excluding tert-OH is 1. The molecule has 0 fully saturated rings. The Morgan fingerprint density at radius 1 is 1.25 bits per heavy atom. The fourth-order valence-corrected chi connectivity index (χ4v) is 2.59. The lowest BCUT2D eigenvalue weighted by Gasteiger charge is -2.22. The van der Waals surface area contributed by atoms with Crippen molar-refractivity contribution < 1.29 is 14.3 Å². The van der Waals surface area contributed by atoms with Crippen LogP contribution >= 0.6 is 0 Å². The van der Waals surface area contributed by atoms with E-state index < -0.39 is 6.10 Å². The summed E-state index contributed by atoms with van der Waals surface area (Å²) in [5.41, 5.74) is 2.59. The molecule has 20 heavy (non-hydrogen) atoms. The van der Waals surface area contributed by atoms with Crippen LogP contribution < -0.4 is 4.90 Å². The van der Waals surface area contributed by atoms with Gasteiger partial charge in [0.15, 0.2) is 0 Å². The monoisotopic (exact) mass is 273 g/mol. The SMILES string of the molecule is OC(COCc1ccco1)CN1CCc2ccccc21. The minimum absolute atomic E-state index is 0.319. The fraction of sp³-hybridized carbons (Fsp3) is 0.375. The average molecular weight is 273 g/mol. The van der Waals surface area contributed by atoms with Gasteiger partial charge in [0, 0.05) is 18.8 Å². The largest absolute Gasteiger partial charge is 0.467 e. The van der Waals surface area contributed by atoms with Crippen LogP contribution in [-0.2, 0) is 17.8 Å². The third-order valence-corrected chi connectivity index (χ3v) is 3.55. The summed E-state index contributed by atoms with van der Waals surface area (Å²) in [4.78, 5) is 2.22. The fourth-order valence-electron chi connectivity index (χ4n) is 2.59. The Kier molecular flexibility index (Phi) is 4.04. The Hall–Kier alpha value is -1.78. The standard InChI is InChI=1S/C16H19NO3/c18-14(11-19-12-15-5-3-9-20-15)10-17-8-7-13-4-1-2-6-16(13)17/h1-6,9,14,18H,7-8,10-12H2. The predicted molar refractivity (Wildman–Crippen MR) is 76.7 cm³/mol. The molecule has 0 amide bonds. The summed E-state index contributed by atoms with van der Waals surface area (Å²) >= 11 is 0. The maximum atomic E-state index is 10.1. The van der Waals surface area contributed by atoms with Crippen LogP contribution in [0.4, 0.5) is 5.69 Å². The first-order valence-corrected chi connectivity index (χ1v) is 6.94. The number of β-amino-alcohol motifs (C(OH)–C–C–N with tert-alkyl or cyclic N) is 1. The Labute approximate surface area is 118 Å². The number of hydrogen-bond acceptors (Lipinski definition) is 4. The predicted octanol–water partition coefficient (Wildman–Crippen LogP) is 2.22. The van der Waals surface area contributed by atoms with Crippen LogP contribution in [0.3, 0.4) is 0 Å². The van der Waals surface area contributed by atoms with Gasteiger partial charge in [0.2, 0.25) is 0 Å². The molecule has 3 rings (SSSR count). The minimum atomic E-state index is -0.490. The molecule has 4 heteroatoms. The van der Waals surface area contributed by atoms with Crippen LogP contribution in [0.2, 0.25) is 0 Å². The van der Waals surface area contributed by atoms with Gasteiger partial charge in [-0.3, -0.25) is 0 Å². The Morgan fingerprint density at radius 3 is 3.00 bits per heavy atom. The average Bonchev–Trinajstić information content (AvgIpc) is 3.09. The second kappa shape index (κ2) is 6.11. The lowest BCUT2D eigenvalue weighted by molar-refractivity contribution is 0.0257. The summed E-state index contributed by atoms with van der Waals surface area (Å²) in [5, 5.41) is 10.1. The van der Waals surface area contributed by atoms with Crippen LogP contribution in [0.15, 0.2) is 47.1 Å². The molecule has 0 spiro atoms. The molecule has 1 unspecified atom stereocenters. The van der Waals surface area contributed by atoms with Crippen molar-refractivity contribution >= 4 is 5.69 Å². The molecule has 0 radical (unpaired) electrons. The topological polar surface area (TPSA) is 45.8 Å². The second-order valence-electron chi connectivity index (χ2n) is 5.07. The van der Waals surface area contributed by atoms with Crippen molar-refractivity contribution in [2.24, 2.45) is 0 Å². The summed E-state index contributed by atoms with van der Waals surface area (Å²) in [6.45, 7) is 2.30. The number of ether oxygens (including phenoxy) is 1. The number of para-hydroxylation sites is 1. The van der Waals surface area contributed by atoms with E-state index in [9.17, 15) is 5.11 Å². The number of aliphatic hydroxyl groups is 1. The first-order chi connectivity index (χ1) is 9.83. The zero-order chi connectivity index (χ0) is 13.8. The van der Waals surface area contributed by atoms with Gasteiger partial charge in [0.1, 0.15) is 12.4 Å². The summed E-state index contributed by atoms with van der Waals surface area (Å²) in [7, 11) is 0. The van der Waals surface area contributed by atoms with Crippen molar-refractivity contribution in [3.05, 3.63) is 54.0 Å². The molecule has 1 atom stereocenters. The third kappa shape index (κ3) is 3.03. The first-order valence-electron chi connectivity index (χ1n) is 6.94. The van der Waals surface area contributed by atoms with Gasteiger partial charge in [-0.1, -0.05) is 18.2 Å². The molecule has 106 valence electrons. The van der Waals surface area contributed by atoms with E-state index in [2.05, 4.69) is 23.1 Å². The van der Waals surface area contributed by atoms with Gasteiger partial charge in [0.05, 0.1) is 19.0 Å². The molecule has 0 saturated carbocycles. The minimum Gasteiger partial charge on any atom is -0.467 e. The van der Waals surface area contributed by atoms with E-state index in [1.54, 1.807) is 6.26 Å². The van der Waals surface area contributed by atoms with Crippen LogP contribution in [0.1, 0.15) is 11.3 Å². The maximum absolute atomic E-state index is 10.1. The molecule has 1 aromatic carbocycles. The van der Waals surface area contributed by atoms with Crippen molar-refractivity contribution in [3.8, 4) is 0 Å². The van der Waals surface area contributed by atoms with Crippen molar-refractivity contribution in [1.29, 1.82) is 0 Å². The molecule has 1 aliphatic heterocycles. The summed E-state index contributed by atoms with van der Waals surface area (Å²) in [6.07, 6.45) is 2.18. The number of fused-ring (bicyclic) bond motifs is 1. The van der Waals surface area contributed by atoms with E-state index in [0.29, 0.717) is 19.8 Å². The lowest BCUT2D eigenvalue weighted by atomic mass is 10.2. The normalized spacial score (nSPS) is 15.3.